The Morgan fingerprint density at radius 1 is 1.38 bits per heavy atom. The molecular weight excluding hydrogens is 322 g/mol. The molecule has 6 nitrogen and oxygen atoms in total. The third-order valence-corrected chi connectivity index (χ3v) is 5.37. The zero-order valence-electron chi connectivity index (χ0n) is 13.8. The van der Waals surface area contributed by atoms with Crippen LogP contribution >= 0.6 is 11.3 Å². The summed E-state index contributed by atoms with van der Waals surface area (Å²) >= 11 is 1.80. The van der Waals surface area contributed by atoms with Gasteiger partial charge in [-0.25, -0.2) is 4.99 Å². The van der Waals surface area contributed by atoms with E-state index in [2.05, 4.69) is 37.9 Å². The Hall–Kier alpha value is -1.89. The minimum absolute atomic E-state index is 0.456. The van der Waals surface area contributed by atoms with Crippen molar-refractivity contribution in [3.63, 3.8) is 0 Å². The summed E-state index contributed by atoms with van der Waals surface area (Å²) in [5, 5.41) is 9.69. The molecule has 0 spiro atoms. The summed E-state index contributed by atoms with van der Waals surface area (Å²) < 4.78 is 5.33. The number of rotatable bonds is 6. The molecule has 0 aromatic carbocycles. The molecule has 0 radical (unpaired) electrons. The minimum atomic E-state index is 0.456. The molecule has 1 aliphatic carbocycles. The van der Waals surface area contributed by atoms with Crippen LogP contribution in [0.5, 0.6) is 0 Å². The first kappa shape index (κ1) is 15.6. The Balaban J connectivity index is 1.36. The minimum Gasteiger partial charge on any atom is -0.356 e. The van der Waals surface area contributed by atoms with E-state index in [1.54, 1.807) is 11.3 Å². The molecule has 1 aliphatic heterocycles. The Morgan fingerprint density at radius 2 is 2.25 bits per heavy atom. The molecule has 2 aliphatic rings. The molecule has 7 heteroatoms. The number of guanidine groups is 1. The molecule has 3 heterocycles. The fourth-order valence-electron chi connectivity index (χ4n) is 2.93. The van der Waals surface area contributed by atoms with Crippen molar-refractivity contribution >= 4 is 17.3 Å². The van der Waals surface area contributed by atoms with Crippen LogP contribution in [-0.2, 0) is 13.0 Å². The van der Waals surface area contributed by atoms with Gasteiger partial charge in [-0.1, -0.05) is 11.2 Å². The van der Waals surface area contributed by atoms with Gasteiger partial charge in [0.05, 0.1) is 0 Å². The van der Waals surface area contributed by atoms with E-state index in [1.807, 2.05) is 0 Å². The van der Waals surface area contributed by atoms with Crippen molar-refractivity contribution in [1.29, 1.82) is 0 Å². The molecule has 1 saturated carbocycles. The van der Waals surface area contributed by atoms with Gasteiger partial charge in [0.25, 0.3) is 0 Å². The summed E-state index contributed by atoms with van der Waals surface area (Å²) in [7, 11) is 0. The van der Waals surface area contributed by atoms with Gasteiger partial charge in [-0.05, 0) is 43.6 Å². The molecule has 1 N–H and O–H groups in total. The van der Waals surface area contributed by atoms with E-state index >= 15 is 0 Å². The first-order valence-electron chi connectivity index (χ1n) is 8.76. The van der Waals surface area contributed by atoms with Crippen molar-refractivity contribution in [3.05, 3.63) is 34.1 Å². The van der Waals surface area contributed by atoms with Crippen molar-refractivity contribution in [2.24, 2.45) is 4.99 Å². The summed E-state index contributed by atoms with van der Waals surface area (Å²) in [5.74, 6) is 2.96. The van der Waals surface area contributed by atoms with E-state index in [1.165, 1.54) is 30.6 Å². The molecule has 4 rings (SSSR count). The Kier molecular flexibility index (Phi) is 4.78. The van der Waals surface area contributed by atoms with Crippen LogP contribution in [0.2, 0.25) is 0 Å². The van der Waals surface area contributed by atoms with Crippen LogP contribution in [0.1, 0.15) is 48.2 Å². The lowest BCUT2D eigenvalue weighted by atomic mass is 10.3. The third kappa shape index (κ3) is 3.95. The predicted molar refractivity (Wildman–Crippen MR) is 94.2 cm³/mol. The lowest BCUT2D eigenvalue weighted by molar-refractivity contribution is 0.373. The maximum atomic E-state index is 5.33. The highest BCUT2D eigenvalue weighted by molar-refractivity contribution is 7.09. The Labute approximate surface area is 146 Å². The number of hydrogen-bond acceptors (Lipinski definition) is 5. The van der Waals surface area contributed by atoms with Crippen molar-refractivity contribution in [2.75, 3.05) is 19.6 Å². The standard InChI is InChI=1S/C17H23N5OS/c1-2-10-22(9-1)17(18-8-7-14-4-3-11-24-14)19-12-15-20-16(21-23-15)13-5-6-13/h3-4,11,13H,1-2,5-10,12H2,(H,18,19). The smallest absolute Gasteiger partial charge is 0.248 e. The van der Waals surface area contributed by atoms with Gasteiger partial charge in [-0.2, -0.15) is 4.98 Å². The average molecular weight is 345 g/mol. The van der Waals surface area contributed by atoms with Crippen molar-refractivity contribution in [1.82, 2.24) is 20.4 Å². The first-order valence-corrected chi connectivity index (χ1v) is 9.64. The van der Waals surface area contributed by atoms with Crippen LogP contribution in [0.15, 0.2) is 27.0 Å². The third-order valence-electron chi connectivity index (χ3n) is 4.43. The second-order valence-corrected chi connectivity index (χ2v) is 7.44. The van der Waals surface area contributed by atoms with Crippen LogP contribution in [0.25, 0.3) is 0 Å². The highest BCUT2D eigenvalue weighted by Crippen LogP contribution is 2.38. The zero-order valence-corrected chi connectivity index (χ0v) is 14.6. The highest BCUT2D eigenvalue weighted by atomic mass is 32.1. The number of nitrogens with one attached hydrogen (secondary N) is 1. The van der Waals surface area contributed by atoms with Crippen molar-refractivity contribution < 1.29 is 4.52 Å². The van der Waals surface area contributed by atoms with E-state index in [9.17, 15) is 0 Å². The van der Waals surface area contributed by atoms with Crippen molar-refractivity contribution in [3.8, 4) is 0 Å². The summed E-state index contributed by atoms with van der Waals surface area (Å²) in [6.07, 6.45) is 5.87. The second kappa shape index (κ2) is 7.34. The molecule has 1 saturated heterocycles. The molecule has 0 bridgehead atoms. The highest BCUT2D eigenvalue weighted by Gasteiger charge is 2.28. The monoisotopic (exact) mass is 345 g/mol. The van der Waals surface area contributed by atoms with E-state index < -0.39 is 0 Å². The van der Waals surface area contributed by atoms with Gasteiger partial charge < -0.3 is 14.7 Å². The molecule has 24 heavy (non-hydrogen) atoms. The maximum Gasteiger partial charge on any atom is 0.248 e. The van der Waals surface area contributed by atoms with Gasteiger partial charge in [0.2, 0.25) is 5.89 Å². The number of nitrogens with zero attached hydrogens (tertiary/aromatic N) is 4. The zero-order chi connectivity index (χ0) is 16.2. The molecule has 2 fully saturated rings. The van der Waals surface area contributed by atoms with E-state index in [4.69, 9.17) is 9.52 Å². The van der Waals surface area contributed by atoms with Gasteiger partial charge in [0.1, 0.15) is 6.54 Å². The normalized spacial score (nSPS) is 18.3. The number of hydrogen-bond donors (Lipinski definition) is 1. The topological polar surface area (TPSA) is 66.5 Å². The van der Waals surface area contributed by atoms with Gasteiger partial charge in [-0.15, -0.1) is 11.3 Å². The molecule has 2 aromatic rings. The average Bonchev–Trinajstić information content (AvgIpc) is 3.06. The largest absolute Gasteiger partial charge is 0.356 e. The number of aromatic nitrogens is 2. The second-order valence-electron chi connectivity index (χ2n) is 6.41. The summed E-state index contributed by atoms with van der Waals surface area (Å²) in [6, 6.07) is 4.28. The van der Waals surface area contributed by atoms with Crippen LogP contribution < -0.4 is 5.32 Å². The predicted octanol–water partition coefficient (Wildman–Crippen LogP) is 2.79. The maximum absolute atomic E-state index is 5.33. The van der Waals surface area contributed by atoms with Gasteiger partial charge in [0, 0.05) is 30.4 Å². The van der Waals surface area contributed by atoms with Crippen LogP contribution in [0.4, 0.5) is 0 Å². The number of likely N-dealkylation sites (tertiary alicyclic amines) is 1. The number of aliphatic imine (C=N–C) groups is 1. The van der Waals surface area contributed by atoms with E-state index in [0.717, 1.165) is 37.8 Å². The van der Waals surface area contributed by atoms with Crippen LogP contribution in [-0.4, -0.2) is 40.6 Å². The Bertz CT molecular complexity index is 671. The molecule has 0 unspecified atom stereocenters. The molecular formula is C17H23N5OS. The molecule has 0 atom stereocenters. The molecule has 0 amide bonds. The van der Waals surface area contributed by atoms with E-state index in [0.29, 0.717) is 18.4 Å². The number of thiophene rings is 1. The van der Waals surface area contributed by atoms with Gasteiger partial charge >= 0.3 is 0 Å². The van der Waals surface area contributed by atoms with Gasteiger partial charge in [0.15, 0.2) is 11.8 Å². The quantitative estimate of drug-likeness (QED) is 0.644. The van der Waals surface area contributed by atoms with Crippen LogP contribution in [0, 0.1) is 0 Å². The Morgan fingerprint density at radius 3 is 3.00 bits per heavy atom. The lowest BCUT2D eigenvalue weighted by Gasteiger charge is -2.21. The molecule has 2 aromatic heterocycles. The molecule has 128 valence electrons. The first-order chi connectivity index (χ1) is 11.9. The SMILES string of the molecule is c1csc(CCNC(=NCc2nc(C3CC3)no2)N2CCCC2)c1. The van der Waals surface area contributed by atoms with E-state index in [-0.39, 0.29) is 0 Å². The lowest BCUT2D eigenvalue weighted by Crippen LogP contribution is -2.40. The van der Waals surface area contributed by atoms with Crippen LogP contribution in [0.3, 0.4) is 0 Å². The summed E-state index contributed by atoms with van der Waals surface area (Å²) in [5.41, 5.74) is 0. The van der Waals surface area contributed by atoms with Crippen molar-refractivity contribution in [2.45, 2.75) is 44.6 Å². The summed E-state index contributed by atoms with van der Waals surface area (Å²) in [4.78, 5) is 12.9. The fraction of sp³-hybridized carbons (Fsp3) is 0.588. The fourth-order valence-corrected chi connectivity index (χ4v) is 3.64. The van der Waals surface area contributed by atoms with Gasteiger partial charge in [-0.3, -0.25) is 0 Å². The summed E-state index contributed by atoms with van der Waals surface area (Å²) in [6.45, 7) is 3.49.